The summed E-state index contributed by atoms with van der Waals surface area (Å²) >= 11 is 6.57. The second-order valence-corrected chi connectivity index (χ2v) is 11.1. The molecule has 1 aliphatic rings. The summed E-state index contributed by atoms with van der Waals surface area (Å²) in [5.74, 6) is 0.639. The van der Waals surface area contributed by atoms with Gasteiger partial charge in [0.2, 0.25) is 5.91 Å². The highest BCUT2D eigenvalue weighted by Crippen LogP contribution is 2.38. The number of ether oxygens (including phenoxy) is 4. The molecule has 1 saturated heterocycles. The van der Waals surface area contributed by atoms with Gasteiger partial charge < -0.3 is 34.5 Å². The summed E-state index contributed by atoms with van der Waals surface area (Å²) in [6, 6.07) is 16.6. The first kappa shape index (κ1) is 32.7. The number of hydrogen-bond donors (Lipinski definition) is 2. The Kier molecular flexibility index (Phi) is 11.4. The van der Waals surface area contributed by atoms with Crippen LogP contribution in [-0.4, -0.2) is 73.9 Å². The fraction of sp³-hybridized carbons (Fsp3) is 0.294. The molecule has 3 heterocycles. The number of halogens is 1. The molecule has 1 amide bonds. The maximum absolute atomic E-state index is 13.0. The first-order chi connectivity index (χ1) is 22.4. The molecule has 0 bridgehead atoms. The average molecular weight is 643 g/mol. The number of likely N-dealkylation sites (N-methyl/N-ethyl adjacent to an activating group) is 1. The maximum Gasteiger partial charge on any atom is 0.248 e. The van der Waals surface area contributed by atoms with Gasteiger partial charge in [-0.05, 0) is 43.4 Å². The summed E-state index contributed by atoms with van der Waals surface area (Å²) in [5.41, 5.74) is 3.25. The van der Waals surface area contributed by atoms with Gasteiger partial charge in [0, 0.05) is 62.2 Å². The van der Waals surface area contributed by atoms with Crippen molar-refractivity contribution < 1.29 is 23.7 Å². The Bertz CT molecular complexity index is 1720. The summed E-state index contributed by atoms with van der Waals surface area (Å²) < 4.78 is 22.7. The van der Waals surface area contributed by atoms with Gasteiger partial charge in [-0.2, -0.15) is 5.26 Å². The lowest BCUT2D eigenvalue weighted by atomic mass is 10.1. The van der Waals surface area contributed by atoms with Crippen LogP contribution in [0, 0.1) is 11.3 Å². The van der Waals surface area contributed by atoms with Crippen molar-refractivity contribution in [3.05, 3.63) is 89.4 Å². The minimum absolute atomic E-state index is 0.158. The Morgan fingerprint density at radius 1 is 1.22 bits per heavy atom. The molecule has 5 rings (SSSR count). The number of carbonyl (C=O) groups excluding carboxylic acids is 1. The van der Waals surface area contributed by atoms with Crippen molar-refractivity contribution in [1.29, 1.82) is 5.26 Å². The Balaban J connectivity index is 1.41. The fourth-order valence-electron chi connectivity index (χ4n) is 4.75. The van der Waals surface area contributed by atoms with Gasteiger partial charge in [0.25, 0.3) is 0 Å². The third kappa shape index (κ3) is 8.71. The number of fused-ring (bicyclic) bond motifs is 1. The van der Waals surface area contributed by atoms with Crippen LogP contribution in [0.3, 0.4) is 0 Å². The van der Waals surface area contributed by atoms with E-state index in [-0.39, 0.29) is 18.6 Å². The highest BCUT2D eigenvalue weighted by molar-refractivity contribution is 6.32. The molecule has 238 valence electrons. The molecular weight excluding hydrogens is 608 g/mol. The normalized spacial score (nSPS) is 14.5. The summed E-state index contributed by atoms with van der Waals surface area (Å²) in [5, 5.41) is 17.3. The number of anilines is 3. The van der Waals surface area contributed by atoms with Gasteiger partial charge in [0.05, 0.1) is 53.0 Å². The molecule has 0 radical (unpaired) electrons. The highest BCUT2D eigenvalue weighted by atomic mass is 35.5. The zero-order valence-electron chi connectivity index (χ0n) is 25.7. The van der Waals surface area contributed by atoms with Crippen LogP contribution in [-0.2, 0) is 20.9 Å². The van der Waals surface area contributed by atoms with Gasteiger partial charge in [-0.15, -0.1) is 0 Å². The maximum atomic E-state index is 13.0. The molecule has 2 aromatic heterocycles. The minimum Gasteiger partial charge on any atom is -0.486 e. The van der Waals surface area contributed by atoms with Crippen molar-refractivity contribution >= 4 is 45.5 Å². The van der Waals surface area contributed by atoms with E-state index in [0.717, 1.165) is 18.7 Å². The number of methoxy groups -OCH3 is 1. The predicted octanol–water partition coefficient (Wildman–Crippen LogP) is 5.72. The van der Waals surface area contributed by atoms with Gasteiger partial charge in [-0.3, -0.25) is 14.8 Å². The smallest absolute Gasteiger partial charge is 0.248 e. The van der Waals surface area contributed by atoms with Crippen molar-refractivity contribution in [3.63, 3.8) is 0 Å². The number of rotatable bonds is 14. The van der Waals surface area contributed by atoms with Crippen LogP contribution < -0.4 is 20.1 Å². The number of aromatic nitrogens is 2. The van der Waals surface area contributed by atoms with Crippen molar-refractivity contribution in [3.8, 4) is 17.6 Å². The molecule has 2 N–H and O–H groups in total. The van der Waals surface area contributed by atoms with Gasteiger partial charge in [-0.1, -0.05) is 23.7 Å². The van der Waals surface area contributed by atoms with E-state index in [4.69, 9.17) is 30.5 Å². The number of pyridine rings is 2. The quantitative estimate of drug-likeness (QED) is 0.165. The SMILES string of the molecule is COCCN(C)CC=CC(=O)Nc1cc2c(Nc3ccc(OCc4ccccn4)c(Cl)c3)c(C#N)cnc2cc1OC1CCOC1. The fourth-order valence-corrected chi connectivity index (χ4v) is 4.98. The van der Waals surface area contributed by atoms with E-state index in [1.54, 1.807) is 43.6 Å². The van der Waals surface area contributed by atoms with Crippen molar-refractivity contribution in [2.75, 3.05) is 57.7 Å². The lowest BCUT2D eigenvalue weighted by molar-refractivity contribution is -0.111. The zero-order valence-corrected chi connectivity index (χ0v) is 26.4. The van der Waals surface area contributed by atoms with Crippen LogP contribution in [0.4, 0.5) is 17.1 Å². The van der Waals surface area contributed by atoms with Gasteiger partial charge in [0.15, 0.2) is 0 Å². The summed E-state index contributed by atoms with van der Waals surface area (Å²) in [6.45, 7) is 3.25. The van der Waals surface area contributed by atoms with Crippen molar-refractivity contribution in [2.45, 2.75) is 19.1 Å². The molecule has 1 unspecified atom stereocenters. The highest BCUT2D eigenvalue weighted by Gasteiger charge is 2.21. The second-order valence-electron chi connectivity index (χ2n) is 10.7. The van der Waals surface area contributed by atoms with E-state index in [0.29, 0.717) is 76.4 Å². The van der Waals surface area contributed by atoms with Crippen LogP contribution in [0.5, 0.6) is 11.5 Å². The first-order valence-electron chi connectivity index (χ1n) is 14.8. The number of carbonyl (C=O) groups is 1. The number of benzene rings is 2. The summed E-state index contributed by atoms with van der Waals surface area (Å²) in [6.07, 6.45) is 7.05. The molecule has 0 aliphatic carbocycles. The van der Waals surface area contributed by atoms with Crippen molar-refractivity contribution in [2.24, 2.45) is 0 Å². The molecule has 4 aromatic rings. The molecule has 0 saturated carbocycles. The lowest BCUT2D eigenvalue weighted by Gasteiger charge is -2.19. The van der Waals surface area contributed by atoms with Crippen LogP contribution in [0.2, 0.25) is 5.02 Å². The van der Waals surface area contributed by atoms with Crippen LogP contribution >= 0.6 is 11.6 Å². The molecule has 1 fully saturated rings. The number of nitrogens with one attached hydrogen (secondary N) is 2. The third-order valence-corrected chi connectivity index (χ3v) is 7.49. The minimum atomic E-state index is -0.320. The summed E-state index contributed by atoms with van der Waals surface area (Å²) in [4.78, 5) is 23.8. The molecule has 11 nitrogen and oxygen atoms in total. The molecular formula is C34H35ClN6O5. The summed E-state index contributed by atoms with van der Waals surface area (Å²) in [7, 11) is 3.60. The zero-order chi connectivity index (χ0) is 32.3. The average Bonchev–Trinajstić information content (AvgIpc) is 3.57. The predicted molar refractivity (Wildman–Crippen MR) is 177 cm³/mol. The van der Waals surface area contributed by atoms with Crippen molar-refractivity contribution in [1.82, 2.24) is 14.9 Å². The van der Waals surface area contributed by atoms with E-state index < -0.39 is 0 Å². The first-order valence-corrected chi connectivity index (χ1v) is 15.2. The number of nitrogens with zero attached hydrogens (tertiary/aromatic N) is 4. The largest absolute Gasteiger partial charge is 0.486 e. The molecule has 2 aromatic carbocycles. The van der Waals surface area contributed by atoms with Gasteiger partial charge >= 0.3 is 0 Å². The second kappa shape index (κ2) is 16.0. The molecule has 1 atom stereocenters. The van der Waals surface area contributed by atoms with Crippen LogP contribution in [0.1, 0.15) is 17.7 Å². The Morgan fingerprint density at radius 2 is 2.11 bits per heavy atom. The molecule has 12 heteroatoms. The topological polar surface area (TPSA) is 131 Å². The monoisotopic (exact) mass is 642 g/mol. The van der Waals surface area contributed by atoms with E-state index in [1.165, 1.54) is 12.3 Å². The van der Waals surface area contributed by atoms with Gasteiger partial charge in [0.1, 0.15) is 30.3 Å². The number of hydrogen-bond acceptors (Lipinski definition) is 10. The third-order valence-electron chi connectivity index (χ3n) is 7.20. The lowest BCUT2D eigenvalue weighted by Crippen LogP contribution is -2.23. The Morgan fingerprint density at radius 3 is 2.85 bits per heavy atom. The van der Waals surface area contributed by atoms with E-state index in [1.807, 2.05) is 36.2 Å². The Labute approximate surface area is 272 Å². The molecule has 46 heavy (non-hydrogen) atoms. The van der Waals surface area contributed by atoms with E-state index in [2.05, 4.69) is 26.7 Å². The number of amides is 1. The van der Waals surface area contributed by atoms with Crippen LogP contribution in [0.15, 0.2) is 73.1 Å². The van der Waals surface area contributed by atoms with Gasteiger partial charge in [-0.25, -0.2) is 0 Å². The molecule has 0 spiro atoms. The van der Waals surface area contributed by atoms with E-state index in [9.17, 15) is 10.1 Å². The standard InChI is InChI=1S/C34H35ClN6O5/c1-41(13-15-43-2)12-5-7-33(42)40-30-17-27-29(18-32(30)46-26-10-14-44-22-26)38-20-23(19-36)34(27)39-24-8-9-31(28(35)16-24)45-21-25-6-3-4-11-37-25/h3-9,11,16-18,20,26H,10,12-15,21-22H2,1-2H3,(H,38,39)(H,40,42). The Hall–Kier alpha value is -4.73. The van der Waals surface area contributed by atoms with Crippen LogP contribution in [0.25, 0.3) is 10.9 Å². The van der Waals surface area contributed by atoms with E-state index >= 15 is 0 Å². The number of nitriles is 1. The molecule has 1 aliphatic heterocycles.